The molecule has 0 amide bonds. The molecule has 10 heteroatoms. The van der Waals surface area contributed by atoms with Gasteiger partial charge in [-0.15, -0.1) is 0 Å². The molecule has 0 atom stereocenters. The highest BCUT2D eigenvalue weighted by molar-refractivity contribution is 7.88. The zero-order chi connectivity index (χ0) is 23.7. The van der Waals surface area contributed by atoms with Crippen LogP contribution in [0.3, 0.4) is 0 Å². The van der Waals surface area contributed by atoms with Gasteiger partial charge in [-0.3, -0.25) is 0 Å². The summed E-state index contributed by atoms with van der Waals surface area (Å²) in [5, 5.41) is 12.4. The number of anilines is 3. The fraction of sp³-hybridized carbons (Fsp3) is 0.333. The molecule has 0 radical (unpaired) electrons. The molecule has 1 saturated heterocycles. The summed E-state index contributed by atoms with van der Waals surface area (Å²) >= 11 is 0. The lowest BCUT2D eigenvalue weighted by Crippen LogP contribution is -2.48. The molecule has 9 nitrogen and oxygen atoms in total. The highest BCUT2D eigenvalue weighted by atomic mass is 32.2. The van der Waals surface area contributed by atoms with Crippen LogP contribution in [0.15, 0.2) is 48.8 Å². The third kappa shape index (κ3) is 5.00. The number of nitriles is 1. The summed E-state index contributed by atoms with van der Waals surface area (Å²) in [4.78, 5) is 15.8. The third-order valence-corrected chi connectivity index (χ3v) is 7.42. The average molecular weight is 476 g/mol. The van der Waals surface area contributed by atoms with Crippen molar-refractivity contribution in [2.75, 3.05) is 42.7 Å². The molecule has 0 spiro atoms. The first-order valence-corrected chi connectivity index (χ1v) is 13.1. The number of piperazine rings is 1. The van der Waals surface area contributed by atoms with Crippen molar-refractivity contribution < 1.29 is 8.42 Å². The van der Waals surface area contributed by atoms with E-state index in [1.54, 1.807) is 18.3 Å². The fourth-order valence-corrected chi connectivity index (χ4v) is 4.92. The molecule has 1 aliphatic carbocycles. The Balaban J connectivity index is 1.36. The van der Waals surface area contributed by atoms with E-state index in [4.69, 9.17) is 10.2 Å². The first kappa shape index (κ1) is 22.3. The minimum Gasteiger partial charge on any atom is -0.354 e. The van der Waals surface area contributed by atoms with E-state index in [2.05, 4.69) is 32.3 Å². The standard InChI is InChI=1S/C24H25N7O2S/c1-34(32,33)31-10-8-30(9-11-31)24-5-4-19(16-27-24)21-13-20(18-2-3-18)14-23(28-21)29-22-12-17(15-25)6-7-26-22/h4-7,12-14,16,18H,2-3,8-11H2,1H3,(H,26,28,29). The van der Waals surface area contributed by atoms with Gasteiger partial charge in [0.05, 0.1) is 23.6 Å². The quantitative estimate of drug-likeness (QED) is 0.578. The number of hydrogen-bond acceptors (Lipinski definition) is 8. The Bertz CT molecular complexity index is 1340. The van der Waals surface area contributed by atoms with Crippen LogP contribution in [-0.2, 0) is 10.0 Å². The molecular weight excluding hydrogens is 450 g/mol. The van der Waals surface area contributed by atoms with Gasteiger partial charge in [-0.05, 0) is 60.7 Å². The van der Waals surface area contributed by atoms with Gasteiger partial charge in [0.2, 0.25) is 10.0 Å². The van der Waals surface area contributed by atoms with Crippen molar-refractivity contribution in [2.24, 2.45) is 0 Å². The monoisotopic (exact) mass is 475 g/mol. The van der Waals surface area contributed by atoms with E-state index in [1.165, 1.54) is 29.0 Å². The number of rotatable bonds is 6. The van der Waals surface area contributed by atoms with Gasteiger partial charge in [0, 0.05) is 44.1 Å². The van der Waals surface area contributed by atoms with Crippen LogP contribution >= 0.6 is 0 Å². The molecule has 3 aromatic heterocycles. The first-order chi connectivity index (χ1) is 16.4. The Labute approximate surface area is 199 Å². The number of sulfonamides is 1. The summed E-state index contributed by atoms with van der Waals surface area (Å²) in [5.41, 5.74) is 3.49. The molecule has 2 fully saturated rings. The minimum absolute atomic E-state index is 0.462. The van der Waals surface area contributed by atoms with Crippen LogP contribution in [0.1, 0.15) is 29.9 Å². The Hall–Kier alpha value is -3.55. The van der Waals surface area contributed by atoms with Crippen molar-refractivity contribution in [3.05, 3.63) is 59.9 Å². The Morgan fingerprint density at radius 3 is 2.47 bits per heavy atom. The van der Waals surface area contributed by atoms with E-state index in [-0.39, 0.29) is 0 Å². The predicted octanol–water partition coefficient (Wildman–Crippen LogP) is 3.11. The van der Waals surface area contributed by atoms with Crippen LogP contribution in [-0.4, -0.2) is 60.1 Å². The molecule has 0 bridgehead atoms. The van der Waals surface area contributed by atoms with Gasteiger partial charge in [-0.1, -0.05) is 0 Å². The average Bonchev–Trinajstić information content (AvgIpc) is 3.69. The van der Waals surface area contributed by atoms with Crippen molar-refractivity contribution in [1.82, 2.24) is 19.3 Å². The van der Waals surface area contributed by atoms with E-state index >= 15 is 0 Å². The Morgan fingerprint density at radius 1 is 1.03 bits per heavy atom. The Kier molecular flexibility index (Phi) is 5.89. The second-order valence-corrected chi connectivity index (χ2v) is 10.6. The van der Waals surface area contributed by atoms with Crippen LogP contribution in [0.5, 0.6) is 0 Å². The zero-order valence-electron chi connectivity index (χ0n) is 18.8. The lowest BCUT2D eigenvalue weighted by Gasteiger charge is -2.34. The number of nitrogens with zero attached hydrogens (tertiary/aromatic N) is 6. The molecule has 1 saturated carbocycles. The van der Waals surface area contributed by atoms with Crippen molar-refractivity contribution >= 4 is 27.5 Å². The fourth-order valence-electron chi connectivity index (χ4n) is 4.09. The summed E-state index contributed by atoms with van der Waals surface area (Å²) < 4.78 is 25.0. The van der Waals surface area contributed by atoms with Crippen LogP contribution < -0.4 is 10.2 Å². The van der Waals surface area contributed by atoms with Crippen molar-refractivity contribution in [2.45, 2.75) is 18.8 Å². The van der Waals surface area contributed by atoms with E-state index in [9.17, 15) is 8.42 Å². The second-order valence-electron chi connectivity index (χ2n) is 8.67. The van der Waals surface area contributed by atoms with Crippen molar-refractivity contribution in [1.29, 1.82) is 5.26 Å². The van der Waals surface area contributed by atoms with Crippen LogP contribution in [0.25, 0.3) is 11.3 Å². The van der Waals surface area contributed by atoms with Crippen LogP contribution in [0.2, 0.25) is 0 Å². The molecule has 1 N–H and O–H groups in total. The van der Waals surface area contributed by atoms with E-state index in [0.29, 0.717) is 49.3 Å². The maximum atomic E-state index is 11.7. The van der Waals surface area contributed by atoms with Gasteiger partial charge in [-0.25, -0.2) is 23.4 Å². The van der Waals surface area contributed by atoms with Gasteiger partial charge in [0.1, 0.15) is 17.5 Å². The number of hydrogen-bond donors (Lipinski definition) is 1. The largest absolute Gasteiger partial charge is 0.354 e. The van der Waals surface area contributed by atoms with E-state index in [1.807, 2.05) is 24.4 Å². The molecule has 174 valence electrons. The topological polar surface area (TPSA) is 115 Å². The lowest BCUT2D eigenvalue weighted by molar-refractivity contribution is 0.387. The van der Waals surface area contributed by atoms with E-state index in [0.717, 1.165) is 17.1 Å². The van der Waals surface area contributed by atoms with Crippen molar-refractivity contribution in [3.63, 3.8) is 0 Å². The van der Waals surface area contributed by atoms with Gasteiger partial charge in [-0.2, -0.15) is 9.57 Å². The van der Waals surface area contributed by atoms with Gasteiger partial charge >= 0.3 is 0 Å². The molecule has 0 unspecified atom stereocenters. The van der Waals surface area contributed by atoms with Gasteiger partial charge in [0.25, 0.3) is 0 Å². The predicted molar refractivity (Wildman–Crippen MR) is 130 cm³/mol. The molecular formula is C24H25N7O2S. The summed E-state index contributed by atoms with van der Waals surface area (Å²) in [6.07, 6.45) is 7.00. The normalized spacial score (nSPS) is 16.8. The van der Waals surface area contributed by atoms with Crippen LogP contribution in [0.4, 0.5) is 17.5 Å². The Morgan fingerprint density at radius 2 is 1.82 bits per heavy atom. The first-order valence-electron chi connectivity index (χ1n) is 11.2. The lowest BCUT2D eigenvalue weighted by atomic mass is 10.1. The molecule has 1 aliphatic heterocycles. The molecule has 5 rings (SSSR count). The number of aromatic nitrogens is 3. The third-order valence-electron chi connectivity index (χ3n) is 6.12. The maximum Gasteiger partial charge on any atom is 0.211 e. The zero-order valence-corrected chi connectivity index (χ0v) is 19.7. The second kappa shape index (κ2) is 9.00. The molecule has 2 aliphatic rings. The summed E-state index contributed by atoms with van der Waals surface area (Å²) in [6.45, 7) is 2.14. The highest BCUT2D eigenvalue weighted by Crippen LogP contribution is 2.42. The maximum absolute atomic E-state index is 11.7. The van der Waals surface area contributed by atoms with Gasteiger partial charge < -0.3 is 10.2 Å². The number of pyridine rings is 3. The van der Waals surface area contributed by atoms with Crippen LogP contribution in [0, 0.1) is 11.3 Å². The van der Waals surface area contributed by atoms with E-state index < -0.39 is 10.0 Å². The molecule has 0 aromatic carbocycles. The highest BCUT2D eigenvalue weighted by Gasteiger charge is 2.26. The molecule has 34 heavy (non-hydrogen) atoms. The SMILES string of the molecule is CS(=O)(=O)N1CCN(c2ccc(-c3cc(C4CC4)cc(Nc4cc(C#N)ccn4)n3)cn2)CC1. The summed E-state index contributed by atoms with van der Waals surface area (Å²) in [7, 11) is -3.16. The summed E-state index contributed by atoms with van der Waals surface area (Å²) in [5.74, 6) is 2.63. The molecule has 3 aromatic rings. The molecule has 4 heterocycles. The number of nitrogens with one attached hydrogen (secondary N) is 1. The smallest absolute Gasteiger partial charge is 0.211 e. The minimum atomic E-state index is -3.16. The van der Waals surface area contributed by atoms with Gasteiger partial charge in [0.15, 0.2) is 0 Å². The summed E-state index contributed by atoms with van der Waals surface area (Å²) in [6, 6.07) is 13.6. The van der Waals surface area contributed by atoms with Crippen molar-refractivity contribution in [3.8, 4) is 17.3 Å².